The van der Waals surface area contributed by atoms with Crippen LogP contribution >= 0.6 is 11.3 Å². The van der Waals surface area contributed by atoms with Gasteiger partial charge in [-0.25, -0.2) is 30.7 Å². The molecule has 2 aromatic carbocycles. The van der Waals surface area contributed by atoms with Crippen molar-refractivity contribution in [1.82, 2.24) is 4.31 Å². The molecule has 2 heterocycles. The number of benzene rings is 2. The first-order valence-electron chi connectivity index (χ1n) is 12.8. The molecule has 0 saturated carbocycles. The number of thiophene rings is 1. The summed E-state index contributed by atoms with van der Waals surface area (Å²) < 4.78 is 58.3. The van der Waals surface area contributed by atoms with E-state index >= 15 is 0 Å². The molecule has 1 aliphatic heterocycles. The normalized spacial score (nSPS) is 14.8. The Kier molecular flexibility index (Phi) is 9.45. The highest BCUT2D eigenvalue weighted by Gasteiger charge is 2.29. The van der Waals surface area contributed by atoms with Gasteiger partial charge in [0.05, 0.1) is 12.0 Å². The van der Waals surface area contributed by atoms with Crippen molar-refractivity contribution in [1.29, 1.82) is 0 Å². The molecule has 4 N–H and O–H groups in total. The quantitative estimate of drug-likeness (QED) is 0.229. The van der Waals surface area contributed by atoms with Crippen molar-refractivity contribution in [3.05, 3.63) is 64.5 Å². The molecular weight excluding hydrogens is 607 g/mol. The number of sulfonamides is 2. The maximum absolute atomic E-state index is 13.1. The molecule has 0 unspecified atom stereocenters. The van der Waals surface area contributed by atoms with E-state index in [2.05, 4.69) is 10.0 Å². The summed E-state index contributed by atoms with van der Waals surface area (Å²) in [5, 5.41) is 22.0. The first-order chi connectivity index (χ1) is 19.7. The van der Waals surface area contributed by atoms with Gasteiger partial charge in [0, 0.05) is 40.9 Å². The number of carbonyl (C=O) groups is 2. The fourth-order valence-corrected chi connectivity index (χ4v) is 7.92. The molecule has 1 fully saturated rings. The van der Waals surface area contributed by atoms with Gasteiger partial charge in [-0.1, -0.05) is 24.3 Å². The van der Waals surface area contributed by atoms with E-state index in [9.17, 15) is 31.5 Å². The average Bonchev–Trinajstić information content (AvgIpc) is 3.23. The number of rotatable bonds is 12. The Morgan fingerprint density at radius 3 is 2.33 bits per heavy atom. The second-order valence-electron chi connectivity index (χ2n) is 9.93. The van der Waals surface area contributed by atoms with Gasteiger partial charge in [-0.05, 0) is 55.2 Å². The predicted octanol–water partition coefficient (Wildman–Crippen LogP) is 3.66. The number of nitrogens with one attached hydrogen (secondary N) is 2. The van der Waals surface area contributed by atoms with Crippen molar-refractivity contribution < 1.29 is 41.4 Å². The molecule has 4 rings (SSSR count). The van der Waals surface area contributed by atoms with Gasteiger partial charge >= 0.3 is 11.9 Å². The lowest BCUT2D eigenvalue weighted by molar-refractivity contribution is -0.139. The zero-order chi connectivity index (χ0) is 30.7. The van der Waals surface area contributed by atoms with Crippen molar-refractivity contribution >= 4 is 54.7 Å². The number of aliphatic carboxylic acids is 1. The van der Waals surface area contributed by atoms with Crippen LogP contribution in [0.25, 0.3) is 10.4 Å². The highest BCUT2D eigenvalue weighted by atomic mass is 32.2. The van der Waals surface area contributed by atoms with Gasteiger partial charge in [-0.3, -0.25) is 4.72 Å². The van der Waals surface area contributed by atoms with Crippen molar-refractivity contribution in [3.8, 4) is 16.2 Å². The first-order valence-corrected chi connectivity index (χ1v) is 17.2. The Hall–Kier alpha value is -3.66. The number of carboxylic acid groups (broad SMARTS) is 2. The second-order valence-corrected chi connectivity index (χ2v) is 14.7. The first kappa shape index (κ1) is 31.3. The number of anilines is 2. The fourth-order valence-electron chi connectivity index (χ4n) is 4.73. The molecule has 0 bridgehead atoms. The molecule has 0 amide bonds. The molecule has 3 aromatic rings. The largest absolute Gasteiger partial charge is 0.480 e. The van der Waals surface area contributed by atoms with Crippen LogP contribution in [0.5, 0.6) is 5.75 Å². The Morgan fingerprint density at radius 1 is 1.02 bits per heavy atom. The predicted molar refractivity (Wildman–Crippen MR) is 160 cm³/mol. The molecule has 1 saturated heterocycles. The van der Waals surface area contributed by atoms with E-state index in [1.807, 2.05) is 24.3 Å². The van der Waals surface area contributed by atoms with Crippen LogP contribution in [0.15, 0.2) is 48.5 Å². The molecule has 12 nitrogen and oxygen atoms in total. The maximum atomic E-state index is 13.1. The number of nitrogens with zero attached hydrogens (tertiary/aromatic N) is 1. The van der Waals surface area contributed by atoms with Crippen LogP contribution in [0.4, 0.5) is 11.4 Å². The molecule has 0 radical (unpaired) electrons. The lowest BCUT2D eigenvalue weighted by Crippen LogP contribution is -2.42. The molecule has 15 heteroatoms. The zero-order valence-electron chi connectivity index (χ0n) is 22.9. The number of hydrogen-bond donors (Lipinski definition) is 4. The highest BCUT2D eigenvalue weighted by molar-refractivity contribution is 7.92. The highest BCUT2D eigenvalue weighted by Crippen LogP contribution is 2.42. The molecule has 1 aliphatic rings. The van der Waals surface area contributed by atoms with Crippen LogP contribution in [-0.2, 0) is 30.6 Å². The van der Waals surface area contributed by atoms with E-state index in [0.29, 0.717) is 47.6 Å². The van der Waals surface area contributed by atoms with Crippen LogP contribution in [0.3, 0.4) is 0 Å². The smallest absolute Gasteiger partial charge is 0.349 e. The molecule has 42 heavy (non-hydrogen) atoms. The SMILES string of the molecule is Cc1c(-c2cccc(NC3CCN(S(=O)(=O)Cc4cccc(NS(C)(=O)=O)c4)CC3)c2)sc(C(=O)O)c1OCC(=O)O. The molecular formula is C27H31N3O9S3. The van der Waals surface area contributed by atoms with E-state index in [1.54, 1.807) is 25.1 Å². The summed E-state index contributed by atoms with van der Waals surface area (Å²) in [6.45, 7) is 1.67. The Balaban J connectivity index is 1.40. The lowest BCUT2D eigenvalue weighted by atomic mass is 10.0. The van der Waals surface area contributed by atoms with Gasteiger partial charge < -0.3 is 20.3 Å². The standard InChI is InChI=1S/C27H31N3O9S3/c1-17-24(39-15-23(31)32)26(27(33)34)40-25(17)19-6-4-7-21(14-19)28-20-9-11-30(12-10-20)42(37,38)16-18-5-3-8-22(13-18)29-41(2,35)36/h3-8,13-14,20,28-29H,9-12,15-16H2,1-2H3,(H,31,32)(H,33,34). The molecule has 0 spiro atoms. The second kappa shape index (κ2) is 12.7. The third-order valence-corrected chi connectivity index (χ3v) is 10.3. The van der Waals surface area contributed by atoms with Crippen molar-refractivity contribution in [2.24, 2.45) is 0 Å². The number of carboxylic acids is 2. The summed E-state index contributed by atoms with van der Waals surface area (Å²) >= 11 is 1.01. The van der Waals surface area contributed by atoms with Crippen LogP contribution < -0.4 is 14.8 Å². The van der Waals surface area contributed by atoms with Crippen LogP contribution in [0.2, 0.25) is 0 Å². The minimum atomic E-state index is -3.63. The maximum Gasteiger partial charge on any atom is 0.349 e. The minimum absolute atomic E-state index is 0.00228. The number of hydrogen-bond acceptors (Lipinski definition) is 9. The van der Waals surface area contributed by atoms with E-state index in [0.717, 1.165) is 28.8 Å². The summed E-state index contributed by atoms with van der Waals surface area (Å²) in [6.07, 6.45) is 2.15. The van der Waals surface area contributed by atoms with Gasteiger partial charge in [0.2, 0.25) is 20.0 Å². The monoisotopic (exact) mass is 637 g/mol. The van der Waals surface area contributed by atoms with Crippen LogP contribution in [-0.4, -0.2) is 75.3 Å². The van der Waals surface area contributed by atoms with E-state index in [1.165, 1.54) is 10.4 Å². The Morgan fingerprint density at radius 2 is 1.69 bits per heavy atom. The van der Waals surface area contributed by atoms with Gasteiger partial charge in [0.15, 0.2) is 11.5 Å². The van der Waals surface area contributed by atoms with E-state index in [4.69, 9.17) is 9.84 Å². The third kappa shape index (κ3) is 8.00. The molecule has 0 aliphatic carbocycles. The van der Waals surface area contributed by atoms with E-state index < -0.39 is 38.6 Å². The average molecular weight is 638 g/mol. The van der Waals surface area contributed by atoms with Gasteiger partial charge in [-0.2, -0.15) is 0 Å². The molecule has 0 atom stereocenters. The van der Waals surface area contributed by atoms with Crippen LogP contribution in [0.1, 0.15) is 33.6 Å². The molecule has 226 valence electrons. The minimum Gasteiger partial charge on any atom is -0.480 e. The summed E-state index contributed by atoms with van der Waals surface area (Å²) in [7, 11) is -7.11. The van der Waals surface area contributed by atoms with Gasteiger partial charge in [-0.15, -0.1) is 11.3 Å². The number of piperidine rings is 1. The summed E-state index contributed by atoms with van der Waals surface area (Å²) in [5.74, 6) is -2.62. The number of aromatic carboxylic acids is 1. The lowest BCUT2D eigenvalue weighted by Gasteiger charge is -2.32. The Labute approximate surface area is 248 Å². The number of ether oxygens (including phenoxy) is 1. The third-order valence-electron chi connectivity index (χ3n) is 6.55. The van der Waals surface area contributed by atoms with E-state index in [-0.39, 0.29) is 22.4 Å². The summed E-state index contributed by atoms with van der Waals surface area (Å²) in [4.78, 5) is 23.3. The van der Waals surface area contributed by atoms with Gasteiger partial charge in [0.1, 0.15) is 5.75 Å². The Bertz CT molecular complexity index is 1690. The van der Waals surface area contributed by atoms with Gasteiger partial charge in [0.25, 0.3) is 0 Å². The summed E-state index contributed by atoms with van der Waals surface area (Å²) in [6, 6.07) is 13.7. The molecule has 1 aromatic heterocycles. The van der Waals surface area contributed by atoms with Crippen molar-refractivity contribution in [2.75, 3.05) is 36.0 Å². The van der Waals surface area contributed by atoms with Crippen molar-refractivity contribution in [2.45, 2.75) is 31.6 Å². The zero-order valence-corrected chi connectivity index (χ0v) is 25.3. The fraction of sp³-hybridized carbons (Fsp3) is 0.333. The van der Waals surface area contributed by atoms with Crippen LogP contribution in [0, 0.1) is 6.92 Å². The van der Waals surface area contributed by atoms with Crippen molar-refractivity contribution in [3.63, 3.8) is 0 Å². The summed E-state index contributed by atoms with van der Waals surface area (Å²) in [5.41, 5.74) is 2.83. The topological polar surface area (TPSA) is 179 Å².